The number of carbonyl (C=O) groups excluding carboxylic acids is 1. The Hall–Kier alpha value is -2.77. The van der Waals surface area contributed by atoms with E-state index in [0.717, 1.165) is 41.4 Å². The summed E-state index contributed by atoms with van der Waals surface area (Å²) in [6.45, 7) is 1.36. The molecule has 6 nitrogen and oxygen atoms in total. The van der Waals surface area contributed by atoms with Crippen molar-refractivity contribution in [3.05, 3.63) is 70.6 Å². The third-order valence-corrected chi connectivity index (χ3v) is 6.37. The van der Waals surface area contributed by atoms with Gasteiger partial charge in [-0.25, -0.2) is 4.98 Å². The Morgan fingerprint density at radius 2 is 2.00 bits per heavy atom. The number of likely N-dealkylation sites (tertiary alicyclic amines) is 1. The molecule has 0 bridgehead atoms. The molecule has 1 fully saturated rings. The highest BCUT2D eigenvalue weighted by atomic mass is 35.5. The highest BCUT2D eigenvalue weighted by molar-refractivity contribution is 7.13. The van der Waals surface area contributed by atoms with E-state index in [9.17, 15) is 4.79 Å². The van der Waals surface area contributed by atoms with Gasteiger partial charge in [0.1, 0.15) is 16.5 Å². The Bertz CT molecular complexity index is 1170. The first-order valence-corrected chi connectivity index (χ1v) is 10.8. The number of piperidine rings is 1. The van der Waals surface area contributed by atoms with E-state index in [0.29, 0.717) is 17.3 Å². The Kier molecular flexibility index (Phi) is 4.77. The van der Waals surface area contributed by atoms with Crippen LogP contribution in [0.4, 0.5) is 0 Å². The molecule has 1 atom stereocenters. The fourth-order valence-corrected chi connectivity index (χ4v) is 4.70. The molecule has 8 heteroatoms. The molecule has 1 aromatic carbocycles. The zero-order valence-corrected chi connectivity index (χ0v) is 17.1. The average molecular weight is 424 g/mol. The summed E-state index contributed by atoms with van der Waals surface area (Å²) in [4.78, 5) is 19.5. The largest absolute Gasteiger partial charge is 0.337 e. The zero-order valence-electron chi connectivity index (χ0n) is 15.5. The van der Waals surface area contributed by atoms with Crippen molar-refractivity contribution in [1.82, 2.24) is 24.5 Å². The summed E-state index contributed by atoms with van der Waals surface area (Å²) in [5.74, 6) is 1.05. The first kappa shape index (κ1) is 18.3. The van der Waals surface area contributed by atoms with Crippen LogP contribution in [0.15, 0.2) is 54.0 Å². The summed E-state index contributed by atoms with van der Waals surface area (Å²) < 4.78 is 2.01. The van der Waals surface area contributed by atoms with Gasteiger partial charge in [-0.1, -0.05) is 29.8 Å². The standard InChI is InChI=1S/C21H18ClN5OS/c22-16-8-6-14(7-9-16)20-23-17(13-29-20)21(28)26-10-3-4-15(12-26)19-25-24-18-5-1-2-11-27(18)19/h1-2,5-9,11,13,15H,3-4,10,12H2. The van der Waals surface area contributed by atoms with Gasteiger partial charge in [0.25, 0.3) is 5.91 Å². The molecule has 1 saturated heterocycles. The molecule has 0 radical (unpaired) electrons. The first-order chi connectivity index (χ1) is 14.2. The Morgan fingerprint density at radius 3 is 2.86 bits per heavy atom. The van der Waals surface area contributed by atoms with E-state index in [1.807, 2.05) is 63.3 Å². The predicted molar refractivity (Wildman–Crippen MR) is 113 cm³/mol. The van der Waals surface area contributed by atoms with Gasteiger partial charge in [-0.2, -0.15) is 0 Å². The average Bonchev–Trinajstić information content (AvgIpc) is 3.41. The number of benzene rings is 1. The highest BCUT2D eigenvalue weighted by Gasteiger charge is 2.29. The third-order valence-electron chi connectivity index (χ3n) is 5.23. The maximum Gasteiger partial charge on any atom is 0.273 e. The zero-order chi connectivity index (χ0) is 19.8. The second kappa shape index (κ2) is 7.57. The number of nitrogens with zero attached hydrogens (tertiary/aromatic N) is 5. The number of hydrogen-bond donors (Lipinski definition) is 0. The van der Waals surface area contributed by atoms with Crippen molar-refractivity contribution in [1.29, 1.82) is 0 Å². The second-order valence-corrected chi connectivity index (χ2v) is 8.42. The molecule has 146 valence electrons. The van der Waals surface area contributed by atoms with E-state index >= 15 is 0 Å². The lowest BCUT2D eigenvalue weighted by Crippen LogP contribution is -2.39. The molecule has 0 saturated carbocycles. The molecule has 5 rings (SSSR count). The molecule has 1 unspecified atom stereocenters. The maximum absolute atomic E-state index is 13.1. The van der Waals surface area contributed by atoms with Crippen LogP contribution in [0.5, 0.6) is 0 Å². The lowest BCUT2D eigenvalue weighted by molar-refractivity contribution is 0.0699. The van der Waals surface area contributed by atoms with Crippen molar-refractivity contribution in [2.75, 3.05) is 13.1 Å². The molecule has 0 aliphatic carbocycles. The minimum absolute atomic E-state index is 0.0278. The minimum Gasteiger partial charge on any atom is -0.337 e. The van der Waals surface area contributed by atoms with Gasteiger partial charge in [-0.05, 0) is 37.1 Å². The number of rotatable bonds is 3. The molecule has 1 amide bonds. The number of hydrogen-bond acceptors (Lipinski definition) is 5. The van der Waals surface area contributed by atoms with Crippen molar-refractivity contribution in [3.8, 4) is 10.6 Å². The first-order valence-electron chi connectivity index (χ1n) is 9.49. The van der Waals surface area contributed by atoms with Crippen molar-refractivity contribution in [3.63, 3.8) is 0 Å². The van der Waals surface area contributed by atoms with Crippen molar-refractivity contribution in [2.24, 2.45) is 0 Å². The molecule has 4 aromatic rings. The molecule has 1 aliphatic rings. The number of thiazole rings is 1. The van der Waals surface area contributed by atoms with Crippen LogP contribution >= 0.6 is 22.9 Å². The van der Waals surface area contributed by atoms with Gasteiger partial charge in [0, 0.05) is 41.2 Å². The fraction of sp³-hybridized carbons (Fsp3) is 0.238. The monoisotopic (exact) mass is 423 g/mol. The smallest absolute Gasteiger partial charge is 0.273 e. The fourth-order valence-electron chi connectivity index (χ4n) is 3.77. The molecular weight excluding hydrogens is 406 g/mol. The molecule has 1 aliphatic heterocycles. The van der Waals surface area contributed by atoms with E-state index in [4.69, 9.17) is 11.6 Å². The summed E-state index contributed by atoms with van der Waals surface area (Å²) in [5, 5.41) is 12.0. The van der Waals surface area contributed by atoms with Crippen molar-refractivity contribution >= 4 is 34.5 Å². The summed E-state index contributed by atoms with van der Waals surface area (Å²) in [7, 11) is 0. The summed E-state index contributed by atoms with van der Waals surface area (Å²) >= 11 is 7.43. The van der Waals surface area contributed by atoms with Gasteiger partial charge in [-0.3, -0.25) is 9.20 Å². The summed E-state index contributed by atoms with van der Waals surface area (Å²) in [6.07, 6.45) is 3.91. The lowest BCUT2D eigenvalue weighted by Gasteiger charge is -2.31. The van der Waals surface area contributed by atoms with Crippen LogP contribution < -0.4 is 0 Å². The quantitative estimate of drug-likeness (QED) is 0.485. The normalized spacial score (nSPS) is 17.0. The van der Waals surface area contributed by atoms with Crippen LogP contribution in [-0.4, -0.2) is 43.5 Å². The number of amides is 1. The van der Waals surface area contributed by atoms with E-state index in [1.165, 1.54) is 11.3 Å². The minimum atomic E-state index is -0.0278. The maximum atomic E-state index is 13.1. The van der Waals surface area contributed by atoms with Gasteiger partial charge in [0.05, 0.1) is 0 Å². The molecular formula is C21H18ClN5OS. The van der Waals surface area contributed by atoms with Crippen molar-refractivity contribution in [2.45, 2.75) is 18.8 Å². The SMILES string of the molecule is O=C(c1csc(-c2ccc(Cl)cc2)n1)N1CCCC(c2nnc3ccccn23)C1. The molecule has 3 aromatic heterocycles. The Balaban J connectivity index is 1.36. The van der Waals surface area contributed by atoms with Gasteiger partial charge < -0.3 is 4.90 Å². The number of fused-ring (bicyclic) bond motifs is 1. The van der Waals surface area contributed by atoms with E-state index in [2.05, 4.69) is 15.2 Å². The lowest BCUT2D eigenvalue weighted by atomic mass is 9.97. The van der Waals surface area contributed by atoms with Crippen LogP contribution in [0.1, 0.15) is 35.1 Å². The highest BCUT2D eigenvalue weighted by Crippen LogP contribution is 2.29. The van der Waals surface area contributed by atoms with Gasteiger partial charge >= 0.3 is 0 Å². The van der Waals surface area contributed by atoms with Crippen LogP contribution in [0.2, 0.25) is 5.02 Å². The molecule has 4 heterocycles. The number of carbonyl (C=O) groups is 1. The second-order valence-electron chi connectivity index (χ2n) is 7.12. The van der Waals surface area contributed by atoms with Crippen molar-refractivity contribution < 1.29 is 4.79 Å². The van der Waals surface area contributed by atoms with E-state index in [-0.39, 0.29) is 11.8 Å². The van der Waals surface area contributed by atoms with Gasteiger partial charge in [-0.15, -0.1) is 21.5 Å². The van der Waals surface area contributed by atoms with Gasteiger partial charge in [0.15, 0.2) is 5.65 Å². The van der Waals surface area contributed by atoms with Crippen LogP contribution in [0.25, 0.3) is 16.2 Å². The van der Waals surface area contributed by atoms with E-state index < -0.39 is 0 Å². The predicted octanol–water partition coefficient (Wildman–Crippen LogP) is 4.53. The number of aromatic nitrogens is 4. The Morgan fingerprint density at radius 1 is 1.14 bits per heavy atom. The number of pyridine rings is 1. The third kappa shape index (κ3) is 3.52. The van der Waals surface area contributed by atoms with Gasteiger partial charge in [0.2, 0.25) is 0 Å². The topological polar surface area (TPSA) is 63.4 Å². The van der Waals surface area contributed by atoms with E-state index in [1.54, 1.807) is 0 Å². The van der Waals surface area contributed by atoms with Crippen LogP contribution in [0.3, 0.4) is 0 Å². The molecule has 0 N–H and O–H groups in total. The Labute approximate surface area is 176 Å². The summed E-state index contributed by atoms with van der Waals surface area (Å²) in [6, 6.07) is 13.4. The van der Waals surface area contributed by atoms with Crippen LogP contribution in [-0.2, 0) is 0 Å². The molecule has 29 heavy (non-hydrogen) atoms. The molecule has 0 spiro atoms. The summed E-state index contributed by atoms with van der Waals surface area (Å²) in [5.41, 5.74) is 2.29. The van der Waals surface area contributed by atoms with Crippen LogP contribution in [0, 0.1) is 0 Å². The number of halogens is 1.